The molecule has 11 nitrogen and oxygen atoms in total. The topological polar surface area (TPSA) is 119 Å². The number of nitrogens with zero attached hydrogens (tertiary/aromatic N) is 6. The van der Waals surface area contributed by atoms with E-state index in [1.807, 2.05) is 11.8 Å². The van der Waals surface area contributed by atoms with E-state index in [-0.39, 0.29) is 41.9 Å². The lowest BCUT2D eigenvalue weighted by Gasteiger charge is -2.26. The largest absolute Gasteiger partial charge is 0.465 e. The molecule has 0 bridgehead atoms. The highest BCUT2D eigenvalue weighted by Crippen LogP contribution is 2.34. The van der Waals surface area contributed by atoms with Crippen molar-refractivity contribution in [3.63, 3.8) is 0 Å². The number of amides is 2. The second kappa shape index (κ2) is 10.3. The maximum absolute atomic E-state index is 14.9. The zero-order valence-electron chi connectivity index (χ0n) is 22.5. The van der Waals surface area contributed by atoms with Gasteiger partial charge in [0.15, 0.2) is 5.65 Å². The van der Waals surface area contributed by atoms with Gasteiger partial charge in [0.1, 0.15) is 17.2 Å². The average molecular weight is 559 g/mol. The van der Waals surface area contributed by atoms with Gasteiger partial charge in [0, 0.05) is 37.6 Å². The maximum atomic E-state index is 14.9. The van der Waals surface area contributed by atoms with Gasteiger partial charge in [-0.2, -0.15) is 5.10 Å². The van der Waals surface area contributed by atoms with Crippen LogP contribution in [-0.2, 0) is 11.3 Å². The molecule has 0 spiro atoms. The number of methoxy groups -OCH3 is 1. The first-order chi connectivity index (χ1) is 19.8. The normalized spacial score (nSPS) is 17.4. The molecule has 41 heavy (non-hydrogen) atoms. The molecule has 1 unspecified atom stereocenters. The Hall–Kier alpha value is -4.87. The molecule has 0 saturated carbocycles. The van der Waals surface area contributed by atoms with Crippen molar-refractivity contribution in [3.05, 3.63) is 93.4 Å². The van der Waals surface area contributed by atoms with Crippen LogP contribution >= 0.6 is 0 Å². The molecule has 2 aliphatic heterocycles. The SMILES string of the molecule is COC(=O)c1cnn2ccc(N3CCC[C@@H]3c3cc(F)cn(CC(C)CN4C(=O)c5ccccc5C4=O)c3=O)nc12. The number of anilines is 1. The molecule has 12 heteroatoms. The van der Waals surface area contributed by atoms with Crippen molar-refractivity contribution in [3.8, 4) is 0 Å². The second-order valence-electron chi connectivity index (χ2n) is 10.4. The van der Waals surface area contributed by atoms with Gasteiger partial charge < -0.3 is 14.2 Å². The number of benzene rings is 1. The molecule has 4 aromatic rings. The highest BCUT2D eigenvalue weighted by Gasteiger charge is 2.36. The van der Waals surface area contributed by atoms with Crippen molar-refractivity contribution in [1.29, 1.82) is 0 Å². The minimum absolute atomic E-state index is 0.0952. The number of imide groups is 1. The van der Waals surface area contributed by atoms with Gasteiger partial charge in [-0.15, -0.1) is 0 Å². The van der Waals surface area contributed by atoms with Gasteiger partial charge in [0.25, 0.3) is 17.4 Å². The number of ether oxygens (including phenoxy) is 1. The third-order valence-electron chi connectivity index (χ3n) is 7.63. The van der Waals surface area contributed by atoms with E-state index in [1.165, 1.54) is 33.4 Å². The average Bonchev–Trinajstić information content (AvgIpc) is 3.68. The summed E-state index contributed by atoms with van der Waals surface area (Å²) in [5.41, 5.74) is 1.19. The number of hydrogen-bond acceptors (Lipinski definition) is 8. The van der Waals surface area contributed by atoms with Crippen molar-refractivity contribution in [2.75, 3.05) is 25.1 Å². The van der Waals surface area contributed by atoms with E-state index in [9.17, 15) is 23.6 Å². The van der Waals surface area contributed by atoms with Gasteiger partial charge in [-0.3, -0.25) is 19.3 Å². The number of esters is 1. The van der Waals surface area contributed by atoms with Crippen LogP contribution in [0.4, 0.5) is 10.2 Å². The fourth-order valence-corrected chi connectivity index (χ4v) is 5.74. The molecule has 2 amide bonds. The van der Waals surface area contributed by atoms with Crippen LogP contribution in [0.1, 0.15) is 62.4 Å². The van der Waals surface area contributed by atoms with Crippen LogP contribution in [0.5, 0.6) is 0 Å². The molecule has 210 valence electrons. The molecule has 6 rings (SSSR count). The van der Waals surface area contributed by atoms with Crippen LogP contribution in [0, 0.1) is 11.7 Å². The first kappa shape index (κ1) is 26.4. The van der Waals surface area contributed by atoms with E-state index in [4.69, 9.17) is 4.74 Å². The molecule has 2 aliphatic rings. The predicted molar refractivity (Wildman–Crippen MR) is 145 cm³/mol. The summed E-state index contributed by atoms with van der Waals surface area (Å²) >= 11 is 0. The summed E-state index contributed by atoms with van der Waals surface area (Å²) in [4.78, 5) is 59.1. The van der Waals surface area contributed by atoms with Gasteiger partial charge >= 0.3 is 5.97 Å². The monoisotopic (exact) mass is 558 g/mol. The number of rotatable bonds is 7. The standard InChI is InChI=1S/C29H27FN6O5/c1-17(15-35-27(38)19-6-3-4-7-20(19)28(35)39)14-33-16-18(30)12-21(26(33)37)23-8-5-10-34(23)24-9-11-36-25(32-24)22(13-31-36)29(40)41-2/h3-4,6-7,9,11-13,16-17,23H,5,8,10,14-15H2,1-2H3/t17?,23-/m1/s1. The van der Waals surface area contributed by atoms with E-state index >= 15 is 0 Å². The van der Waals surface area contributed by atoms with E-state index in [0.717, 1.165) is 12.6 Å². The first-order valence-electron chi connectivity index (χ1n) is 13.3. The quantitative estimate of drug-likeness (QED) is 0.251. The minimum atomic E-state index is -0.564. The molecular weight excluding hydrogens is 531 g/mol. The number of fused-ring (bicyclic) bond motifs is 2. The van der Waals surface area contributed by atoms with Crippen molar-refractivity contribution in [1.82, 2.24) is 24.1 Å². The molecule has 5 heterocycles. The zero-order valence-corrected chi connectivity index (χ0v) is 22.5. The van der Waals surface area contributed by atoms with E-state index in [0.29, 0.717) is 41.1 Å². The van der Waals surface area contributed by atoms with Crippen LogP contribution in [0.15, 0.2) is 59.8 Å². The Morgan fingerprint density at radius 2 is 1.85 bits per heavy atom. The lowest BCUT2D eigenvalue weighted by Crippen LogP contribution is -2.37. The summed E-state index contributed by atoms with van der Waals surface area (Å²) in [6.07, 6.45) is 5.58. The highest BCUT2D eigenvalue weighted by molar-refractivity contribution is 6.21. The van der Waals surface area contributed by atoms with Crippen molar-refractivity contribution >= 4 is 29.2 Å². The maximum Gasteiger partial charge on any atom is 0.343 e. The van der Waals surface area contributed by atoms with E-state index in [2.05, 4.69) is 10.1 Å². The summed E-state index contributed by atoms with van der Waals surface area (Å²) in [5, 5.41) is 4.14. The Morgan fingerprint density at radius 1 is 1.12 bits per heavy atom. The van der Waals surface area contributed by atoms with E-state index in [1.54, 1.807) is 36.5 Å². The number of carbonyl (C=O) groups excluding carboxylic acids is 3. The summed E-state index contributed by atoms with van der Waals surface area (Å²) < 4.78 is 22.5. The molecule has 0 aliphatic carbocycles. The molecule has 3 aromatic heterocycles. The zero-order chi connectivity index (χ0) is 28.8. The summed E-state index contributed by atoms with van der Waals surface area (Å²) in [6.45, 7) is 2.61. The number of carbonyl (C=O) groups is 3. The molecule has 1 aromatic carbocycles. The van der Waals surface area contributed by atoms with Gasteiger partial charge in [-0.25, -0.2) is 18.7 Å². The Bertz CT molecular complexity index is 1730. The third-order valence-corrected chi connectivity index (χ3v) is 7.63. The number of hydrogen-bond donors (Lipinski definition) is 0. The van der Waals surface area contributed by atoms with Crippen molar-refractivity contribution in [2.45, 2.75) is 32.4 Å². The summed E-state index contributed by atoms with van der Waals surface area (Å²) in [5.74, 6) is -1.65. The van der Waals surface area contributed by atoms with Crippen LogP contribution in [-0.4, -0.2) is 62.0 Å². The number of halogens is 1. The van der Waals surface area contributed by atoms with Gasteiger partial charge in [-0.05, 0) is 43.0 Å². The minimum Gasteiger partial charge on any atom is -0.465 e. The van der Waals surface area contributed by atoms with Crippen LogP contribution in [0.3, 0.4) is 0 Å². The molecule has 1 fully saturated rings. The highest BCUT2D eigenvalue weighted by atomic mass is 19.1. The fourth-order valence-electron chi connectivity index (χ4n) is 5.74. The lowest BCUT2D eigenvalue weighted by molar-refractivity contribution is 0.0598. The van der Waals surface area contributed by atoms with Gasteiger partial charge in [-0.1, -0.05) is 19.1 Å². The van der Waals surface area contributed by atoms with Crippen molar-refractivity contribution < 1.29 is 23.5 Å². The Labute approximate surface area is 233 Å². The van der Waals surface area contributed by atoms with Crippen LogP contribution in [0.25, 0.3) is 5.65 Å². The first-order valence-corrected chi connectivity index (χ1v) is 13.3. The Balaban J connectivity index is 1.25. The Morgan fingerprint density at radius 3 is 2.56 bits per heavy atom. The Kier molecular flexibility index (Phi) is 6.60. The molecule has 2 atom stereocenters. The van der Waals surface area contributed by atoms with Gasteiger partial charge in [0.05, 0.1) is 30.5 Å². The smallest absolute Gasteiger partial charge is 0.343 e. The van der Waals surface area contributed by atoms with Gasteiger partial charge in [0.2, 0.25) is 0 Å². The predicted octanol–water partition coefficient (Wildman–Crippen LogP) is 3.09. The number of pyridine rings is 1. The molecular formula is C29H27FN6O5. The van der Waals surface area contributed by atoms with E-state index < -0.39 is 17.8 Å². The molecule has 0 radical (unpaired) electrons. The van der Waals surface area contributed by atoms with Crippen LogP contribution < -0.4 is 10.5 Å². The van der Waals surface area contributed by atoms with Crippen molar-refractivity contribution in [2.24, 2.45) is 5.92 Å². The molecule has 1 saturated heterocycles. The fraction of sp³-hybridized carbons (Fsp3) is 0.310. The molecule has 0 N–H and O–H groups in total. The van der Waals surface area contributed by atoms with Crippen LogP contribution in [0.2, 0.25) is 0 Å². The third kappa shape index (κ3) is 4.54. The summed E-state index contributed by atoms with van der Waals surface area (Å²) in [6, 6.07) is 9.21. The number of aromatic nitrogens is 4. The lowest BCUT2D eigenvalue weighted by atomic mass is 10.1. The second-order valence-corrected chi connectivity index (χ2v) is 10.4. The summed E-state index contributed by atoms with van der Waals surface area (Å²) in [7, 11) is 1.28.